The Hall–Kier alpha value is -4.74. The third kappa shape index (κ3) is 7.21. The summed E-state index contributed by atoms with van der Waals surface area (Å²) in [5.41, 5.74) is 7.68. The van der Waals surface area contributed by atoms with Crippen LogP contribution >= 0.6 is 0 Å². The average Bonchev–Trinajstić information content (AvgIpc) is 3.37. The van der Waals surface area contributed by atoms with Crippen molar-refractivity contribution in [1.29, 1.82) is 5.26 Å². The Morgan fingerprint density at radius 2 is 1.88 bits per heavy atom. The van der Waals surface area contributed by atoms with Crippen LogP contribution in [0.3, 0.4) is 0 Å². The summed E-state index contributed by atoms with van der Waals surface area (Å²) in [6.07, 6.45) is 7.44. The van der Waals surface area contributed by atoms with Gasteiger partial charge in [-0.05, 0) is 24.2 Å². The third-order valence-corrected chi connectivity index (χ3v) is 7.61. The molecule has 4 aromatic heterocycles. The van der Waals surface area contributed by atoms with E-state index in [1.165, 1.54) is 17.3 Å². The summed E-state index contributed by atoms with van der Waals surface area (Å²) in [4.78, 5) is 44.6. The van der Waals surface area contributed by atoms with Gasteiger partial charge in [-0.2, -0.15) is 10.4 Å². The van der Waals surface area contributed by atoms with E-state index in [0.717, 1.165) is 6.04 Å². The Labute approximate surface area is 232 Å². The summed E-state index contributed by atoms with van der Waals surface area (Å²) in [6.45, 7) is 7.49. The topological polar surface area (TPSA) is 178 Å². The van der Waals surface area contributed by atoms with E-state index in [9.17, 15) is 9.59 Å². The Kier molecular flexibility index (Phi) is 8.77. The monoisotopic (exact) mass is 558 g/mol. The maximum atomic E-state index is 13.4. The molecule has 0 aromatic carbocycles. The number of nitrogens with zero attached hydrogens (tertiary/aromatic N) is 8. The molecule has 0 unspecified atom stereocenters. The van der Waals surface area contributed by atoms with Gasteiger partial charge >= 0.3 is 11.8 Å². The molecule has 0 bridgehead atoms. The van der Waals surface area contributed by atoms with E-state index in [0.29, 0.717) is 34.6 Å². The number of pyridine rings is 2. The predicted octanol–water partition coefficient (Wildman–Crippen LogP) is 2.55. The molecule has 2 amide bonds. The highest BCUT2D eigenvalue weighted by Gasteiger charge is 2.25. The van der Waals surface area contributed by atoms with Crippen LogP contribution in [0.1, 0.15) is 17.1 Å². The van der Waals surface area contributed by atoms with Crippen molar-refractivity contribution < 1.29 is 14.3 Å². The van der Waals surface area contributed by atoms with Crippen molar-refractivity contribution in [3.8, 4) is 6.07 Å². The zero-order valence-corrected chi connectivity index (χ0v) is 23.5. The van der Waals surface area contributed by atoms with Crippen LogP contribution in [0.15, 0.2) is 49.2 Å². The van der Waals surface area contributed by atoms with E-state index >= 15 is 0 Å². The van der Waals surface area contributed by atoms with Crippen LogP contribution in [0.2, 0.25) is 25.7 Å². The second-order valence-electron chi connectivity index (χ2n) is 10.2. The van der Waals surface area contributed by atoms with Gasteiger partial charge in [-0.1, -0.05) is 19.6 Å². The quantitative estimate of drug-likeness (QED) is 0.167. The van der Waals surface area contributed by atoms with Crippen LogP contribution in [0.25, 0.3) is 10.9 Å². The molecule has 0 radical (unpaired) electrons. The van der Waals surface area contributed by atoms with E-state index in [-0.39, 0.29) is 31.3 Å². The number of carbonyl (C=O) groups excluding carboxylic acids is 2. The number of nitriles is 1. The number of ether oxygens (including phenoxy) is 1. The van der Waals surface area contributed by atoms with Crippen molar-refractivity contribution in [2.75, 3.05) is 17.7 Å². The second-order valence-corrected chi connectivity index (χ2v) is 15.9. The molecular weight excluding hydrogens is 528 g/mol. The fraction of sp³-hybridized carbons (Fsp3) is 0.308. The predicted molar refractivity (Wildman–Crippen MR) is 150 cm³/mol. The van der Waals surface area contributed by atoms with Gasteiger partial charge in [0.05, 0.1) is 53.3 Å². The molecule has 0 spiro atoms. The van der Waals surface area contributed by atoms with E-state index < -0.39 is 19.9 Å². The second kappa shape index (κ2) is 12.4. The molecule has 0 saturated carbocycles. The van der Waals surface area contributed by atoms with Gasteiger partial charge in [-0.25, -0.2) is 19.6 Å². The first-order valence-electron chi connectivity index (χ1n) is 12.5. The first-order chi connectivity index (χ1) is 19.1. The van der Waals surface area contributed by atoms with E-state index in [1.54, 1.807) is 41.5 Å². The van der Waals surface area contributed by atoms with Gasteiger partial charge < -0.3 is 20.7 Å². The fourth-order valence-corrected chi connectivity index (χ4v) is 4.48. The van der Waals surface area contributed by atoms with Crippen molar-refractivity contribution in [3.63, 3.8) is 0 Å². The molecule has 4 rings (SSSR count). The van der Waals surface area contributed by atoms with E-state index in [1.807, 2.05) is 6.07 Å². The Morgan fingerprint density at radius 3 is 2.55 bits per heavy atom. The van der Waals surface area contributed by atoms with Crippen LogP contribution in [-0.4, -0.2) is 61.1 Å². The van der Waals surface area contributed by atoms with Gasteiger partial charge in [-0.3, -0.25) is 14.6 Å². The molecule has 0 aliphatic carbocycles. The van der Waals surface area contributed by atoms with Crippen molar-refractivity contribution >= 4 is 42.3 Å². The Bertz CT molecular complexity index is 1530. The minimum absolute atomic E-state index is 0.00548. The van der Waals surface area contributed by atoms with Crippen LogP contribution in [0, 0.1) is 11.3 Å². The van der Waals surface area contributed by atoms with Crippen molar-refractivity contribution in [1.82, 2.24) is 34.6 Å². The van der Waals surface area contributed by atoms with Gasteiger partial charge in [0.2, 0.25) is 0 Å². The summed E-state index contributed by atoms with van der Waals surface area (Å²) >= 11 is 0. The molecule has 206 valence electrons. The highest BCUT2D eigenvalue weighted by molar-refractivity contribution is 6.76. The van der Waals surface area contributed by atoms with Gasteiger partial charge in [0, 0.05) is 33.3 Å². The van der Waals surface area contributed by atoms with Crippen molar-refractivity contribution in [3.05, 3.63) is 66.3 Å². The zero-order chi connectivity index (χ0) is 28.7. The zero-order valence-electron chi connectivity index (χ0n) is 22.5. The lowest BCUT2D eigenvalue weighted by molar-refractivity contribution is -0.144. The molecule has 0 aliphatic heterocycles. The lowest BCUT2D eigenvalue weighted by Crippen LogP contribution is -2.39. The molecule has 0 aliphatic rings. The van der Waals surface area contributed by atoms with Crippen LogP contribution < -0.4 is 11.1 Å². The smallest absolute Gasteiger partial charge is 0.314 e. The molecule has 40 heavy (non-hydrogen) atoms. The van der Waals surface area contributed by atoms with E-state index in [4.69, 9.17) is 15.7 Å². The molecule has 0 saturated heterocycles. The highest BCUT2D eigenvalue weighted by Crippen LogP contribution is 2.26. The normalized spacial score (nSPS) is 11.2. The lowest BCUT2D eigenvalue weighted by atomic mass is 10.2. The number of nitrogen functional groups attached to an aromatic ring is 1. The summed E-state index contributed by atoms with van der Waals surface area (Å²) in [5.74, 6) is -1.14. The maximum Gasteiger partial charge on any atom is 0.314 e. The van der Waals surface area contributed by atoms with Gasteiger partial charge in [-0.15, -0.1) is 0 Å². The third-order valence-electron chi connectivity index (χ3n) is 5.90. The molecule has 0 fully saturated rings. The Morgan fingerprint density at radius 1 is 1.10 bits per heavy atom. The standard InChI is InChI=1S/C26H30N10O3Si/c1-40(2,3)10-9-39-17-36-23-20(13-33-36)24(28)32-14-21(23)34-25(37)26(38)35(16-22-29-7-4-8-30-22)15-19-6-5-18(11-27)12-31-19/h4-8,12-14H,9-10,15-17H2,1-3H3,(H2,28,32)(H,34,37). The van der Waals surface area contributed by atoms with Crippen LogP contribution in [0.4, 0.5) is 11.5 Å². The number of anilines is 2. The number of nitrogens with one attached hydrogen (secondary N) is 1. The average molecular weight is 559 g/mol. The first-order valence-corrected chi connectivity index (χ1v) is 16.2. The minimum atomic E-state index is -1.27. The molecule has 3 N–H and O–H groups in total. The largest absolute Gasteiger partial charge is 0.383 e. The molecule has 0 atom stereocenters. The van der Waals surface area contributed by atoms with Crippen LogP contribution in [0.5, 0.6) is 0 Å². The SMILES string of the molecule is C[Si](C)(C)CCOCn1ncc2c(N)ncc(NC(=O)C(=O)N(Cc3ccc(C#N)cn3)Cc3ncccn3)c21. The molecule has 4 aromatic rings. The van der Waals surface area contributed by atoms with Crippen molar-refractivity contribution in [2.24, 2.45) is 0 Å². The van der Waals surface area contributed by atoms with Gasteiger partial charge in [0.25, 0.3) is 0 Å². The first kappa shape index (κ1) is 28.3. The number of amides is 2. The summed E-state index contributed by atoms with van der Waals surface area (Å²) in [7, 11) is -1.27. The number of rotatable bonds is 10. The van der Waals surface area contributed by atoms with Gasteiger partial charge in [0.15, 0.2) is 0 Å². The Balaban J connectivity index is 1.55. The number of carbonyl (C=O) groups is 2. The summed E-state index contributed by atoms with van der Waals surface area (Å²) < 4.78 is 7.42. The lowest BCUT2D eigenvalue weighted by Gasteiger charge is -2.21. The molecule has 14 heteroatoms. The number of nitrogens with two attached hydrogens (primary N) is 1. The number of hydrogen-bond donors (Lipinski definition) is 2. The summed E-state index contributed by atoms with van der Waals surface area (Å²) in [5, 5.41) is 16.6. The number of fused-ring (bicyclic) bond motifs is 1. The summed E-state index contributed by atoms with van der Waals surface area (Å²) in [6, 6.07) is 7.86. The van der Waals surface area contributed by atoms with E-state index in [2.05, 4.69) is 50.0 Å². The molecule has 13 nitrogen and oxygen atoms in total. The highest BCUT2D eigenvalue weighted by atomic mass is 28.3. The number of aromatic nitrogens is 6. The molecular formula is C26H30N10O3Si. The van der Waals surface area contributed by atoms with Crippen LogP contribution in [-0.2, 0) is 34.1 Å². The minimum Gasteiger partial charge on any atom is -0.383 e. The fourth-order valence-electron chi connectivity index (χ4n) is 3.72. The van der Waals surface area contributed by atoms with Gasteiger partial charge in [0.1, 0.15) is 24.4 Å². The maximum absolute atomic E-state index is 13.4. The number of hydrogen-bond acceptors (Lipinski definition) is 10. The molecule has 4 heterocycles. The van der Waals surface area contributed by atoms with Crippen molar-refractivity contribution in [2.45, 2.75) is 45.5 Å².